The Labute approximate surface area is 102 Å². The van der Waals surface area contributed by atoms with E-state index in [1.54, 1.807) is 7.05 Å². The van der Waals surface area contributed by atoms with Gasteiger partial charge in [-0.2, -0.15) is 0 Å². The highest BCUT2D eigenvalue weighted by Gasteiger charge is 2.06. The molecule has 4 nitrogen and oxygen atoms in total. The molecular formula is C12H20FN3O. The van der Waals surface area contributed by atoms with Crippen molar-refractivity contribution in [2.75, 3.05) is 34.3 Å². The van der Waals surface area contributed by atoms with Gasteiger partial charge in [0.2, 0.25) is 5.88 Å². The Kier molecular flexibility index (Phi) is 5.86. The van der Waals surface area contributed by atoms with Gasteiger partial charge >= 0.3 is 0 Å². The fourth-order valence-corrected chi connectivity index (χ4v) is 1.47. The van der Waals surface area contributed by atoms with Gasteiger partial charge in [0.15, 0.2) is 0 Å². The molecule has 0 unspecified atom stereocenters. The van der Waals surface area contributed by atoms with Gasteiger partial charge in [0.25, 0.3) is 0 Å². The third-order valence-electron chi connectivity index (χ3n) is 2.25. The van der Waals surface area contributed by atoms with Crippen LogP contribution in [0.4, 0.5) is 4.39 Å². The van der Waals surface area contributed by atoms with Crippen molar-refractivity contribution in [3.8, 4) is 5.88 Å². The van der Waals surface area contributed by atoms with Crippen molar-refractivity contribution in [3.63, 3.8) is 0 Å². The Morgan fingerprint density at radius 3 is 2.88 bits per heavy atom. The van der Waals surface area contributed by atoms with Crippen LogP contribution in [0.15, 0.2) is 12.3 Å². The molecule has 0 radical (unpaired) electrons. The molecule has 1 aromatic heterocycles. The molecular weight excluding hydrogens is 221 g/mol. The number of pyridine rings is 1. The minimum absolute atomic E-state index is 0.337. The first-order valence-corrected chi connectivity index (χ1v) is 5.70. The first kappa shape index (κ1) is 13.9. The molecule has 1 heterocycles. The number of rotatable bonds is 7. The van der Waals surface area contributed by atoms with Crippen LogP contribution in [0.1, 0.15) is 12.0 Å². The summed E-state index contributed by atoms with van der Waals surface area (Å²) >= 11 is 0. The zero-order valence-electron chi connectivity index (χ0n) is 10.7. The van der Waals surface area contributed by atoms with Crippen LogP contribution < -0.4 is 10.1 Å². The zero-order chi connectivity index (χ0) is 12.7. The third kappa shape index (κ3) is 5.10. The van der Waals surface area contributed by atoms with Crippen LogP contribution in [0.3, 0.4) is 0 Å². The quantitative estimate of drug-likeness (QED) is 0.730. The van der Waals surface area contributed by atoms with E-state index in [0.29, 0.717) is 19.0 Å². The number of ether oxygens (including phenoxy) is 1. The Balaban J connectivity index is 2.51. The van der Waals surface area contributed by atoms with Crippen molar-refractivity contribution in [3.05, 3.63) is 23.6 Å². The second kappa shape index (κ2) is 7.19. The number of halogens is 1. The van der Waals surface area contributed by atoms with Crippen LogP contribution >= 0.6 is 0 Å². The number of nitrogens with one attached hydrogen (secondary N) is 1. The van der Waals surface area contributed by atoms with Gasteiger partial charge in [0.05, 0.1) is 12.8 Å². The lowest BCUT2D eigenvalue weighted by Crippen LogP contribution is -2.16. The molecule has 0 aliphatic rings. The normalized spacial score (nSPS) is 10.9. The van der Waals surface area contributed by atoms with E-state index in [1.165, 1.54) is 12.3 Å². The largest absolute Gasteiger partial charge is 0.477 e. The van der Waals surface area contributed by atoms with Crippen molar-refractivity contribution in [2.45, 2.75) is 13.0 Å². The number of hydrogen-bond donors (Lipinski definition) is 1. The van der Waals surface area contributed by atoms with Crippen LogP contribution in [-0.2, 0) is 6.54 Å². The second-order valence-corrected chi connectivity index (χ2v) is 4.15. The van der Waals surface area contributed by atoms with Crippen LogP contribution in [0.25, 0.3) is 0 Å². The number of nitrogens with zero attached hydrogens (tertiary/aromatic N) is 2. The molecule has 0 aromatic carbocycles. The van der Waals surface area contributed by atoms with Gasteiger partial charge in [-0.05, 0) is 33.6 Å². The second-order valence-electron chi connectivity index (χ2n) is 4.15. The van der Waals surface area contributed by atoms with E-state index in [9.17, 15) is 4.39 Å². The topological polar surface area (TPSA) is 37.4 Å². The summed E-state index contributed by atoms with van der Waals surface area (Å²) in [6.07, 6.45) is 2.10. The molecule has 0 saturated heterocycles. The van der Waals surface area contributed by atoms with Gasteiger partial charge in [0, 0.05) is 18.7 Å². The summed E-state index contributed by atoms with van der Waals surface area (Å²) in [5.41, 5.74) is 0.748. The molecule has 1 N–H and O–H groups in total. The number of hydrogen-bond acceptors (Lipinski definition) is 4. The smallest absolute Gasteiger partial charge is 0.218 e. The summed E-state index contributed by atoms with van der Waals surface area (Å²) in [6.45, 7) is 2.10. The summed E-state index contributed by atoms with van der Waals surface area (Å²) in [6, 6.07) is 1.45. The molecule has 1 rings (SSSR count). The predicted molar refractivity (Wildman–Crippen MR) is 65.6 cm³/mol. The van der Waals surface area contributed by atoms with Crippen LogP contribution in [0.5, 0.6) is 5.88 Å². The molecule has 0 saturated carbocycles. The molecule has 0 amide bonds. The lowest BCUT2D eigenvalue weighted by molar-refractivity contribution is 0.270. The van der Waals surface area contributed by atoms with Gasteiger partial charge in [0.1, 0.15) is 5.82 Å². The van der Waals surface area contributed by atoms with Crippen LogP contribution in [0, 0.1) is 5.82 Å². The summed E-state index contributed by atoms with van der Waals surface area (Å²) in [7, 11) is 5.84. The molecule has 0 bridgehead atoms. The number of aromatic nitrogens is 1. The first-order valence-electron chi connectivity index (χ1n) is 5.70. The molecule has 0 spiro atoms. The average molecular weight is 241 g/mol. The van der Waals surface area contributed by atoms with E-state index < -0.39 is 0 Å². The van der Waals surface area contributed by atoms with Crippen LogP contribution in [0.2, 0.25) is 0 Å². The highest BCUT2D eigenvalue weighted by atomic mass is 19.1. The van der Waals surface area contributed by atoms with Crippen molar-refractivity contribution in [1.29, 1.82) is 0 Å². The maximum Gasteiger partial charge on any atom is 0.218 e. The van der Waals surface area contributed by atoms with E-state index in [-0.39, 0.29) is 5.82 Å². The summed E-state index contributed by atoms with van der Waals surface area (Å²) < 4.78 is 18.6. The highest BCUT2D eigenvalue weighted by molar-refractivity contribution is 5.25. The van der Waals surface area contributed by atoms with Crippen molar-refractivity contribution in [2.24, 2.45) is 0 Å². The van der Waals surface area contributed by atoms with Crippen molar-refractivity contribution >= 4 is 0 Å². The first-order chi connectivity index (χ1) is 8.13. The molecule has 0 aliphatic heterocycles. The van der Waals surface area contributed by atoms with Gasteiger partial charge < -0.3 is 15.0 Å². The minimum atomic E-state index is -0.337. The summed E-state index contributed by atoms with van der Waals surface area (Å²) in [5.74, 6) is 0.176. The Morgan fingerprint density at radius 1 is 1.47 bits per heavy atom. The lowest BCUT2D eigenvalue weighted by Gasteiger charge is -2.12. The Bertz CT molecular complexity index is 345. The monoisotopic (exact) mass is 241 g/mol. The SMILES string of the molecule is CNCc1cc(F)cnc1OCCCN(C)C. The Morgan fingerprint density at radius 2 is 2.24 bits per heavy atom. The van der Waals surface area contributed by atoms with Crippen LogP contribution in [-0.4, -0.2) is 44.2 Å². The van der Waals surface area contributed by atoms with E-state index in [0.717, 1.165) is 18.5 Å². The molecule has 0 fully saturated rings. The summed E-state index contributed by atoms with van der Waals surface area (Å²) in [5, 5.41) is 2.97. The molecule has 0 aliphatic carbocycles. The Hall–Kier alpha value is -1.20. The van der Waals surface area contributed by atoms with E-state index in [2.05, 4.69) is 15.2 Å². The predicted octanol–water partition coefficient (Wildman–Crippen LogP) is 1.27. The maximum absolute atomic E-state index is 13.0. The molecule has 96 valence electrons. The fourth-order valence-electron chi connectivity index (χ4n) is 1.47. The zero-order valence-corrected chi connectivity index (χ0v) is 10.7. The fraction of sp³-hybridized carbons (Fsp3) is 0.583. The molecule has 1 aromatic rings. The molecule has 0 atom stereocenters. The van der Waals surface area contributed by atoms with Gasteiger partial charge in [-0.15, -0.1) is 0 Å². The van der Waals surface area contributed by atoms with Gasteiger partial charge in [-0.25, -0.2) is 9.37 Å². The highest BCUT2D eigenvalue weighted by Crippen LogP contribution is 2.16. The summed E-state index contributed by atoms with van der Waals surface area (Å²) in [4.78, 5) is 6.06. The standard InChI is InChI=1S/C12H20FN3O/c1-14-8-10-7-11(13)9-15-12(10)17-6-4-5-16(2)3/h7,9,14H,4-6,8H2,1-3H3. The average Bonchev–Trinajstić information content (AvgIpc) is 2.27. The van der Waals surface area contributed by atoms with Gasteiger partial charge in [-0.1, -0.05) is 0 Å². The van der Waals surface area contributed by atoms with Crippen molar-refractivity contribution < 1.29 is 9.13 Å². The molecule has 17 heavy (non-hydrogen) atoms. The van der Waals surface area contributed by atoms with Gasteiger partial charge in [-0.3, -0.25) is 0 Å². The third-order valence-corrected chi connectivity index (χ3v) is 2.25. The van der Waals surface area contributed by atoms with E-state index in [1.807, 2.05) is 14.1 Å². The van der Waals surface area contributed by atoms with Crippen molar-refractivity contribution in [1.82, 2.24) is 15.2 Å². The lowest BCUT2D eigenvalue weighted by atomic mass is 10.2. The van der Waals surface area contributed by atoms with E-state index >= 15 is 0 Å². The van der Waals surface area contributed by atoms with E-state index in [4.69, 9.17) is 4.74 Å². The molecule has 5 heteroatoms. The maximum atomic E-state index is 13.0. The minimum Gasteiger partial charge on any atom is -0.477 e.